The van der Waals surface area contributed by atoms with E-state index >= 15 is 0 Å². The molecule has 0 amide bonds. The minimum Gasteiger partial charge on any atom is -0.388 e. The lowest BCUT2D eigenvalue weighted by Gasteiger charge is -2.11. The van der Waals surface area contributed by atoms with Crippen LogP contribution in [0.15, 0.2) is 42.5 Å². The van der Waals surface area contributed by atoms with Crippen molar-refractivity contribution in [3.8, 4) is 0 Å². The first-order valence-corrected chi connectivity index (χ1v) is 5.81. The molecule has 2 aromatic rings. The smallest absolute Gasteiger partial charge is 0.0416 e. The predicted molar refractivity (Wildman–Crippen MR) is 75.2 cm³/mol. The highest BCUT2D eigenvalue weighted by atomic mass is 14.9. The van der Waals surface area contributed by atoms with Crippen molar-refractivity contribution in [3.05, 3.63) is 53.6 Å². The number of nitrogens with one attached hydrogen (secondary N) is 2. The molecule has 2 heteroatoms. The van der Waals surface area contributed by atoms with Gasteiger partial charge in [-0.3, -0.25) is 0 Å². The Balaban J connectivity index is 2.22. The van der Waals surface area contributed by atoms with E-state index in [0.717, 1.165) is 11.4 Å². The summed E-state index contributed by atoms with van der Waals surface area (Å²) in [6.07, 6.45) is 0. The first-order valence-electron chi connectivity index (χ1n) is 5.81. The highest BCUT2D eigenvalue weighted by molar-refractivity contribution is 5.65. The van der Waals surface area contributed by atoms with E-state index in [-0.39, 0.29) is 0 Å². The Kier molecular flexibility index (Phi) is 3.33. The summed E-state index contributed by atoms with van der Waals surface area (Å²) in [5, 5.41) is 6.55. The van der Waals surface area contributed by atoms with Crippen molar-refractivity contribution in [1.82, 2.24) is 0 Å². The molecule has 0 atom stereocenters. The quantitative estimate of drug-likeness (QED) is 0.823. The van der Waals surface area contributed by atoms with Gasteiger partial charge >= 0.3 is 0 Å². The van der Waals surface area contributed by atoms with Crippen molar-refractivity contribution in [2.75, 3.05) is 17.7 Å². The fourth-order valence-corrected chi connectivity index (χ4v) is 1.75. The third-order valence-electron chi connectivity index (χ3n) is 2.85. The lowest BCUT2D eigenvalue weighted by atomic mass is 10.1. The predicted octanol–water partition coefficient (Wildman–Crippen LogP) is 4.09. The summed E-state index contributed by atoms with van der Waals surface area (Å²) in [6.45, 7) is 4.22. The van der Waals surface area contributed by atoms with Crippen molar-refractivity contribution in [1.29, 1.82) is 0 Å². The molecule has 0 bridgehead atoms. The van der Waals surface area contributed by atoms with Crippen LogP contribution in [0.2, 0.25) is 0 Å². The number of anilines is 3. The maximum Gasteiger partial charge on any atom is 0.0416 e. The summed E-state index contributed by atoms with van der Waals surface area (Å²) >= 11 is 0. The maximum atomic E-state index is 3.44. The molecule has 2 nitrogen and oxygen atoms in total. The first-order chi connectivity index (χ1) is 8.19. The Morgan fingerprint density at radius 3 is 2.12 bits per heavy atom. The molecule has 0 heterocycles. The molecular weight excluding hydrogens is 208 g/mol. The molecule has 0 aromatic heterocycles. The van der Waals surface area contributed by atoms with Gasteiger partial charge < -0.3 is 10.6 Å². The zero-order valence-electron chi connectivity index (χ0n) is 10.5. The zero-order valence-corrected chi connectivity index (χ0v) is 10.5. The first kappa shape index (κ1) is 11.5. The molecule has 0 saturated heterocycles. The van der Waals surface area contributed by atoms with Gasteiger partial charge in [0, 0.05) is 24.1 Å². The van der Waals surface area contributed by atoms with Crippen LogP contribution in [0.4, 0.5) is 17.1 Å². The Morgan fingerprint density at radius 2 is 1.47 bits per heavy atom. The van der Waals surface area contributed by atoms with Gasteiger partial charge in [0.2, 0.25) is 0 Å². The highest BCUT2D eigenvalue weighted by Crippen LogP contribution is 2.22. The SMILES string of the molecule is CNc1ccc(Nc2cc(C)ccc2C)cc1. The Bertz CT molecular complexity index is 501. The topological polar surface area (TPSA) is 24.1 Å². The summed E-state index contributed by atoms with van der Waals surface area (Å²) in [7, 11) is 1.92. The summed E-state index contributed by atoms with van der Waals surface area (Å²) in [5.74, 6) is 0. The van der Waals surface area contributed by atoms with Crippen molar-refractivity contribution in [2.24, 2.45) is 0 Å². The van der Waals surface area contributed by atoms with Crippen LogP contribution in [0.3, 0.4) is 0 Å². The molecule has 0 radical (unpaired) electrons. The third-order valence-corrected chi connectivity index (χ3v) is 2.85. The van der Waals surface area contributed by atoms with E-state index in [1.165, 1.54) is 16.8 Å². The van der Waals surface area contributed by atoms with E-state index in [0.29, 0.717) is 0 Å². The van der Waals surface area contributed by atoms with E-state index in [1.807, 2.05) is 7.05 Å². The van der Waals surface area contributed by atoms with Crippen molar-refractivity contribution >= 4 is 17.1 Å². The molecule has 17 heavy (non-hydrogen) atoms. The lowest BCUT2D eigenvalue weighted by Crippen LogP contribution is -1.94. The number of rotatable bonds is 3. The average molecular weight is 226 g/mol. The summed E-state index contributed by atoms with van der Waals surface area (Å²) in [5.41, 5.74) is 5.93. The van der Waals surface area contributed by atoms with Crippen LogP contribution >= 0.6 is 0 Å². The Labute approximate surface area is 103 Å². The molecule has 0 aliphatic heterocycles. The highest BCUT2D eigenvalue weighted by Gasteiger charge is 1.99. The lowest BCUT2D eigenvalue weighted by molar-refractivity contribution is 1.37. The Hall–Kier alpha value is -1.96. The van der Waals surface area contributed by atoms with Gasteiger partial charge in [-0.15, -0.1) is 0 Å². The van der Waals surface area contributed by atoms with Crippen LogP contribution in [-0.2, 0) is 0 Å². The van der Waals surface area contributed by atoms with Crippen LogP contribution < -0.4 is 10.6 Å². The van der Waals surface area contributed by atoms with Crippen LogP contribution in [-0.4, -0.2) is 7.05 Å². The van der Waals surface area contributed by atoms with Gasteiger partial charge in [-0.1, -0.05) is 12.1 Å². The molecule has 2 rings (SSSR count). The van der Waals surface area contributed by atoms with Crippen LogP contribution in [0.1, 0.15) is 11.1 Å². The number of hydrogen-bond donors (Lipinski definition) is 2. The summed E-state index contributed by atoms with van der Waals surface area (Å²) in [4.78, 5) is 0. The number of aryl methyl sites for hydroxylation is 2. The fraction of sp³-hybridized carbons (Fsp3) is 0.200. The number of benzene rings is 2. The van der Waals surface area contributed by atoms with E-state index in [4.69, 9.17) is 0 Å². The van der Waals surface area contributed by atoms with E-state index < -0.39 is 0 Å². The second-order valence-electron chi connectivity index (χ2n) is 4.27. The Morgan fingerprint density at radius 1 is 0.824 bits per heavy atom. The summed E-state index contributed by atoms with van der Waals surface area (Å²) < 4.78 is 0. The molecule has 0 unspecified atom stereocenters. The van der Waals surface area contributed by atoms with Crippen LogP contribution in [0, 0.1) is 13.8 Å². The zero-order chi connectivity index (χ0) is 12.3. The average Bonchev–Trinajstić information content (AvgIpc) is 2.35. The molecule has 0 saturated carbocycles. The second kappa shape index (κ2) is 4.91. The monoisotopic (exact) mass is 226 g/mol. The molecule has 0 aliphatic carbocycles. The van der Waals surface area contributed by atoms with Crippen LogP contribution in [0.5, 0.6) is 0 Å². The van der Waals surface area contributed by atoms with E-state index in [2.05, 4.69) is 66.9 Å². The molecule has 2 N–H and O–H groups in total. The normalized spacial score (nSPS) is 10.1. The van der Waals surface area contributed by atoms with Gasteiger partial charge in [-0.2, -0.15) is 0 Å². The standard InChI is InChI=1S/C15H18N2/c1-11-4-5-12(2)15(10-11)17-14-8-6-13(16-3)7-9-14/h4-10,16-17H,1-3H3. The second-order valence-corrected chi connectivity index (χ2v) is 4.27. The minimum absolute atomic E-state index is 1.11. The van der Waals surface area contributed by atoms with Crippen LogP contribution in [0.25, 0.3) is 0 Å². The van der Waals surface area contributed by atoms with Gasteiger partial charge in [-0.05, 0) is 55.3 Å². The minimum atomic E-state index is 1.11. The van der Waals surface area contributed by atoms with E-state index in [1.54, 1.807) is 0 Å². The van der Waals surface area contributed by atoms with Crippen molar-refractivity contribution < 1.29 is 0 Å². The van der Waals surface area contributed by atoms with Gasteiger partial charge in [-0.25, -0.2) is 0 Å². The van der Waals surface area contributed by atoms with Gasteiger partial charge in [0.05, 0.1) is 0 Å². The molecule has 0 spiro atoms. The van der Waals surface area contributed by atoms with Gasteiger partial charge in [0.15, 0.2) is 0 Å². The number of hydrogen-bond acceptors (Lipinski definition) is 2. The molecule has 88 valence electrons. The van der Waals surface area contributed by atoms with Crippen molar-refractivity contribution in [3.63, 3.8) is 0 Å². The molecule has 0 aliphatic rings. The van der Waals surface area contributed by atoms with E-state index in [9.17, 15) is 0 Å². The maximum absolute atomic E-state index is 3.44. The van der Waals surface area contributed by atoms with Gasteiger partial charge in [0.1, 0.15) is 0 Å². The van der Waals surface area contributed by atoms with Crippen molar-refractivity contribution in [2.45, 2.75) is 13.8 Å². The largest absolute Gasteiger partial charge is 0.388 e. The fourth-order valence-electron chi connectivity index (χ4n) is 1.75. The molecular formula is C15H18N2. The third kappa shape index (κ3) is 2.78. The summed E-state index contributed by atoms with van der Waals surface area (Å²) in [6, 6.07) is 14.7. The molecule has 2 aromatic carbocycles. The van der Waals surface area contributed by atoms with Gasteiger partial charge in [0.25, 0.3) is 0 Å². The molecule has 0 fully saturated rings.